The Labute approximate surface area is 116 Å². The number of rotatable bonds is 4. The van der Waals surface area contributed by atoms with Gasteiger partial charge < -0.3 is 4.74 Å². The van der Waals surface area contributed by atoms with Crippen molar-refractivity contribution in [3.63, 3.8) is 0 Å². The largest absolute Gasteiger partial charge is 0.497 e. The van der Waals surface area contributed by atoms with E-state index in [1.54, 1.807) is 18.9 Å². The first kappa shape index (κ1) is 13.1. The summed E-state index contributed by atoms with van der Waals surface area (Å²) in [6.45, 7) is 0. The van der Waals surface area contributed by atoms with Crippen LogP contribution in [0.5, 0.6) is 5.75 Å². The number of thioether (sulfide) groups is 1. The monoisotopic (exact) mass is 276 g/mol. The summed E-state index contributed by atoms with van der Waals surface area (Å²) >= 11 is 7.86. The Morgan fingerprint density at radius 3 is 2.33 bits per heavy atom. The molecule has 0 heterocycles. The molecule has 18 heavy (non-hydrogen) atoms. The van der Waals surface area contributed by atoms with E-state index in [4.69, 9.17) is 16.3 Å². The molecule has 0 atom stereocenters. The summed E-state index contributed by atoms with van der Waals surface area (Å²) in [5.74, 6) is 0.832. The highest BCUT2D eigenvalue weighted by molar-refractivity contribution is 8.02. The lowest BCUT2D eigenvalue weighted by atomic mass is 10.2. The highest BCUT2D eigenvalue weighted by Gasteiger charge is 1.99. The van der Waals surface area contributed by atoms with Gasteiger partial charge in [-0.1, -0.05) is 41.6 Å². The van der Waals surface area contributed by atoms with Crippen LogP contribution in [0.15, 0.2) is 64.9 Å². The summed E-state index contributed by atoms with van der Waals surface area (Å²) in [5, 5.41) is 2.67. The molecule has 1 nitrogen and oxygen atoms in total. The van der Waals surface area contributed by atoms with Crippen LogP contribution in [-0.2, 0) is 0 Å². The highest BCUT2D eigenvalue weighted by atomic mass is 35.5. The minimum Gasteiger partial charge on any atom is -0.497 e. The van der Waals surface area contributed by atoms with Gasteiger partial charge in [0.1, 0.15) is 5.75 Å². The molecule has 0 aliphatic rings. The number of methoxy groups -OCH3 is 1. The van der Waals surface area contributed by atoms with Gasteiger partial charge in [-0.3, -0.25) is 0 Å². The first-order valence-corrected chi connectivity index (χ1v) is 6.77. The number of benzene rings is 2. The molecule has 0 aliphatic carbocycles. The van der Waals surface area contributed by atoms with E-state index in [1.165, 1.54) is 4.90 Å². The Balaban J connectivity index is 2.08. The van der Waals surface area contributed by atoms with Crippen LogP contribution in [0.2, 0.25) is 0 Å². The van der Waals surface area contributed by atoms with Crippen molar-refractivity contribution in [3.05, 3.63) is 65.6 Å². The first-order valence-electron chi connectivity index (χ1n) is 5.51. The van der Waals surface area contributed by atoms with E-state index >= 15 is 0 Å². The Kier molecular flexibility index (Phi) is 4.73. The van der Waals surface area contributed by atoms with E-state index in [1.807, 2.05) is 47.9 Å². The van der Waals surface area contributed by atoms with Crippen LogP contribution in [0.1, 0.15) is 5.56 Å². The minimum absolute atomic E-state index is 0.728. The van der Waals surface area contributed by atoms with Gasteiger partial charge in [-0.15, -0.1) is 0 Å². The van der Waals surface area contributed by atoms with Crippen molar-refractivity contribution in [3.8, 4) is 5.75 Å². The molecule has 0 amide bonds. The molecule has 0 aromatic heterocycles. The van der Waals surface area contributed by atoms with Crippen LogP contribution < -0.4 is 4.74 Å². The van der Waals surface area contributed by atoms with Crippen LogP contribution >= 0.6 is 23.4 Å². The molecule has 2 aromatic rings. The van der Waals surface area contributed by atoms with E-state index in [0.717, 1.165) is 16.3 Å². The van der Waals surface area contributed by atoms with Gasteiger partial charge in [0.05, 0.1) is 12.1 Å². The highest BCUT2D eigenvalue weighted by Crippen LogP contribution is 2.28. The van der Waals surface area contributed by atoms with Gasteiger partial charge in [0.25, 0.3) is 0 Å². The average Bonchev–Trinajstić information content (AvgIpc) is 2.46. The zero-order valence-electron chi connectivity index (χ0n) is 9.97. The van der Waals surface area contributed by atoms with Crippen molar-refractivity contribution < 1.29 is 4.74 Å². The molecule has 2 rings (SSSR count). The molecule has 3 heteroatoms. The molecule has 2 aromatic carbocycles. The molecule has 0 aliphatic heterocycles. The Morgan fingerprint density at radius 1 is 1.06 bits per heavy atom. The number of hydrogen-bond donors (Lipinski definition) is 0. The van der Waals surface area contributed by atoms with Crippen LogP contribution in [0.25, 0.3) is 5.03 Å². The second-order valence-corrected chi connectivity index (χ2v) is 4.98. The SMILES string of the molecule is COc1ccc(/C(Cl)=C\Sc2ccccc2)cc1. The molecule has 0 bridgehead atoms. The maximum absolute atomic E-state index is 6.25. The van der Waals surface area contributed by atoms with Crippen LogP contribution in [0.3, 0.4) is 0 Å². The molecule has 0 fully saturated rings. The van der Waals surface area contributed by atoms with Crippen LogP contribution in [0.4, 0.5) is 0 Å². The smallest absolute Gasteiger partial charge is 0.118 e. The second kappa shape index (κ2) is 6.53. The Hall–Kier alpha value is -1.38. The molecular weight excluding hydrogens is 264 g/mol. The molecule has 0 saturated carbocycles. The summed E-state index contributed by atoms with van der Waals surface area (Å²) in [4.78, 5) is 1.17. The summed E-state index contributed by atoms with van der Waals surface area (Å²) in [6.07, 6.45) is 0. The lowest BCUT2D eigenvalue weighted by Gasteiger charge is -2.02. The normalized spacial score (nSPS) is 11.3. The van der Waals surface area contributed by atoms with E-state index in [2.05, 4.69) is 12.1 Å². The third-order valence-corrected chi connectivity index (χ3v) is 3.76. The quantitative estimate of drug-likeness (QED) is 0.725. The molecule has 0 spiro atoms. The van der Waals surface area contributed by atoms with Gasteiger partial charge in [-0.25, -0.2) is 0 Å². The number of halogens is 1. The van der Waals surface area contributed by atoms with Gasteiger partial charge in [-0.05, 0) is 47.4 Å². The van der Waals surface area contributed by atoms with Gasteiger partial charge >= 0.3 is 0 Å². The maximum Gasteiger partial charge on any atom is 0.118 e. The maximum atomic E-state index is 6.25. The zero-order valence-corrected chi connectivity index (χ0v) is 11.5. The van der Waals surface area contributed by atoms with Crippen molar-refractivity contribution in [1.82, 2.24) is 0 Å². The van der Waals surface area contributed by atoms with Gasteiger partial charge in [0.15, 0.2) is 0 Å². The molecule has 92 valence electrons. The van der Waals surface area contributed by atoms with Gasteiger partial charge in [-0.2, -0.15) is 0 Å². The molecule has 0 unspecified atom stereocenters. The van der Waals surface area contributed by atoms with E-state index < -0.39 is 0 Å². The first-order chi connectivity index (χ1) is 8.79. The lowest BCUT2D eigenvalue weighted by molar-refractivity contribution is 0.415. The topological polar surface area (TPSA) is 9.23 Å². The van der Waals surface area contributed by atoms with Crippen LogP contribution in [0, 0.1) is 0 Å². The van der Waals surface area contributed by atoms with Crippen LogP contribution in [-0.4, -0.2) is 7.11 Å². The molecule has 0 radical (unpaired) electrons. The summed E-state index contributed by atoms with van der Waals surface area (Å²) in [5.41, 5.74) is 0.987. The zero-order chi connectivity index (χ0) is 12.8. The third kappa shape index (κ3) is 3.56. The standard InChI is InChI=1S/C15H13ClOS/c1-17-13-9-7-12(8-10-13)15(16)11-18-14-5-3-2-4-6-14/h2-11H,1H3/b15-11+. The third-order valence-electron chi connectivity index (χ3n) is 2.41. The average molecular weight is 277 g/mol. The van der Waals surface area contributed by atoms with Crippen molar-refractivity contribution in [2.24, 2.45) is 0 Å². The minimum atomic E-state index is 0.728. The summed E-state index contributed by atoms with van der Waals surface area (Å²) < 4.78 is 5.11. The van der Waals surface area contributed by atoms with Crippen molar-refractivity contribution >= 4 is 28.4 Å². The fourth-order valence-electron chi connectivity index (χ4n) is 1.44. The van der Waals surface area contributed by atoms with Gasteiger partial charge in [0.2, 0.25) is 0 Å². The number of hydrogen-bond acceptors (Lipinski definition) is 2. The predicted molar refractivity (Wildman–Crippen MR) is 79.1 cm³/mol. The van der Waals surface area contributed by atoms with E-state index in [0.29, 0.717) is 0 Å². The molecular formula is C15H13ClOS. The Morgan fingerprint density at radius 2 is 1.72 bits per heavy atom. The van der Waals surface area contributed by atoms with Gasteiger partial charge in [0, 0.05) is 4.90 Å². The second-order valence-electron chi connectivity index (χ2n) is 3.63. The van der Waals surface area contributed by atoms with Crippen molar-refractivity contribution in [2.75, 3.05) is 7.11 Å². The fourth-order valence-corrected chi connectivity index (χ4v) is 2.39. The number of ether oxygens (including phenoxy) is 1. The molecule has 0 N–H and O–H groups in total. The predicted octanol–water partition coefficient (Wildman–Crippen LogP) is 5.02. The Bertz CT molecular complexity index is 520. The van der Waals surface area contributed by atoms with Crippen molar-refractivity contribution in [2.45, 2.75) is 4.90 Å². The molecule has 0 saturated heterocycles. The van der Waals surface area contributed by atoms with E-state index in [-0.39, 0.29) is 0 Å². The van der Waals surface area contributed by atoms with Crippen molar-refractivity contribution in [1.29, 1.82) is 0 Å². The lowest BCUT2D eigenvalue weighted by Crippen LogP contribution is -1.82. The van der Waals surface area contributed by atoms with E-state index in [9.17, 15) is 0 Å². The fraction of sp³-hybridized carbons (Fsp3) is 0.0667. The summed E-state index contributed by atoms with van der Waals surface area (Å²) in [7, 11) is 1.65. The summed E-state index contributed by atoms with van der Waals surface area (Å²) in [6, 6.07) is 17.8.